The fraction of sp³-hybridized carbons (Fsp3) is 0. The molecule has 0 N–H and O–H groups in total. The Balaban J connectivity index is 1.23. The molecule has 0 fully saturated rings. The number of rotatable bonds is 7. The second-order valence-corrected chi connectivity index (χ2v) is 12.6. The Morgan fingerprint density at radius 1 is 0.280 bits per heavy atom. The molecule has 0 saturated heterocycles. The Hall–Kier alpha value is -6.64. The van der Waals surface area contributed by atoms with E-state index in [-0.39, 0.29) is 0 Å². The molecule has 50 heavy (non-hydrogen) atoms. The van der Waals surface area contributed by atoms with Crippen molar-refractivity contribution in [2.75, 3.05) is 4.90 Å². The number of hydrogen-bond acceptors (Lipinski definition) is 1. The Morgan fingerprint density at radius 3 is 1.14 bits per heavy atom. The maximum atomic E-state index is 2.39. The van der Waals surface area contributed by atoms with Crippen LogP contribution in [0.1, 0.15) is 0 Å². The predicted molar refractivity (Wildman–Crippen MR) is 212 cm³/mol. The van der Waals surface area contributed by atoms with Gasteiger partial charge in [-0.2, -0.15) is 0 Å². The smallest absolute Gasteiger partial charge is 0.0542 e. The highest BCUT2D eigenvalue weighted by Gasteiger charge is 2.18. The first kappa shape index (κ1) is 29.5. The van der Waals surface area contributed by atoms with E-state index in [1.807, 2.05) is 0 Å². The van der Waals surface area contributed by atoms with E-state index < -0.39 is 0 Å². The Morgan fingerprint density at radius 2 is 0.640 bits per heavy atom. The molecule has 1 heterocycles. The van der Waals surface area contributed by atoms with Gasteiger partial charge in [0.25, 0.3) is 0 Å². The average Bonchev–Trinajstić information content (AvgIpc) is 3.53. The van der Waals surface area contributed by atoms with Gasteiger partial charge in [-0.05, 0) is 100 Å². The zero-order valence-corrected chi connectivity index (χ0v) is 27.5. The zero-order valence-electron chi connectivity index (χ0n) is 27.5. The lowest BCUT2D eigenvalue weighted by Gasteiger charge is -2.26. The summed E-state index contributed by atoms with van der Waals surface area (Å²) in [5.41, 5.74) is 14.1. The third kappa shape index (κ3) is 5.43. The number of nitrogens with zero attached hydrogens (tertiary/aromatic N) is 2. The molecule has 9 rings (SSSR count). The van der Waals surface area contributed by atoms with E-state index in [1.165, 1.54) is 55.2 Å². The van der Waals surface area contributed by atoms with Gasteiger partial charge in [-0.25, -0.2) is 0 Å². The molecular formula is C48H34N2. The largest absolute Gasteiger partial charge is 0.310 e. The molecule has 0 atom stereocenters. The van der Waals surface area contributed by atoms with Crippen LogP contribution in [0.15, 0.2) is 206 Å². The minimum absolute atomic E-state index is 1.10. The molecule has 9 aromatic rings. The number of aromatic nitrogens is 1. The highest BCUT2D eigenvalue weighted by Crippen LogP contribution is 2.41. The van der Waals surface area contributed by atoms with Crippen molar-refractivity contribution in [2.24, 2.45) is 0 Å². The van der Waals surface area contributed by atoms with Crippen molar-refractivity contribution in [3.63, 3.8) is 0 Å². The van der Waals surface area contributed by atoms with Crippen molar-refractivity contribution in [1.82, 2.24) is 4.57 Å². The minimum Gasteiger partial charge on any atom is -0.310 e. The molecule has 0 unspecified atom stereocenters. The molecule has 2 heteroatoms. The molecule has 236 valence electrons. The molecule has 1 aromatic heterocycles. The van der Waals surface area contributed by atoms with E-state index >= 15 is 0 Å². The van der Waals surface area contributed by atoms with E-state index in [0.29, 0.717) is 0 Å². The molecule has 0 aliphatic carbocycles. The second kappa shape index (κ2) is 12.8. The Labute approximate surface area is 292 Å². The van der Waals surface area contributed by atoms with Crippen LogP contribution < -0.4 is 4.90 Å². The van der Waals surface area contributed by atoms with Gasteiger partial charge in [0.1, 0.15) is 0 Å². The summed E-state index contributed by atoms with van der Waals surface area (Å²) in [6, 6.07) is 74.1. The summed E-state index contributed by atoms with van der Waals surface area (Å²) in [5.74, 6) is 0. The normalized spacial score (nSPS) is 11.2. The molecule has 8 aromatic carbocycles. The van der Waals surface area contributed by atoms with Crippen molar-refractivity contribution >= 4 is 38.9 Å². The van der Waals surface area contributed by atoms with Gasteiger partial charge < -0.3 is 9.47 Å². The Bertz CT molecular complexity index is 2450. The summed E-state index contributed by atoms with van der Waals surface area (Å²) in [7, 11) is 0. The zero-order chi connectivity index (χ0) is 33.3. The first-order chi connectivity index (χ1) is 24.8. The first-order valence-electron chi connectivity index (χ1n) is 17.1. The summed E-state index contributed by atoms with van der Waals surface area (Å²) in [6.45, 7) is 0. The number of hydrogen-bond donors (Lipinski definition) is 0. The van der Waals surface area contributed by atoms with Crippen LogP contribution in [-0.4, -0.2) is 4.57 Å². The Kier molecular flexibility index (Phi) is 7.53. The van der Waals surface area contributed by atoms with Gasteiger partial charge in [-0.1, -0.05) is 140 Å². The van der Waals surface area contributed by atoms with Gasteiger partial charge in [0.05, 0.1) is 11.0 Å². The fourth-order valence-electron chi connectivity index (χ4n) is 7.13. The van der Waals surface area contributed by atoms with Crippen LogP contribution in [0.4, 0.5) is 17.1 Å². The summed E-state index contributed by atoms with van der Waals surface area (Å²) in [6.07, 6.45) is 0. The van der Waals surface area contributed by atoms with E-state index in [9.17, 15) is 0 Å². The van der Waals surface area contributed by atoms with Crippen LogP contribution >= 0.6 is 0 Å². The monoisotopic (exact) mass is 638 g/mol. The second-order valence-electron chi connectivity index (χ2n) is 12.6. The molecule has 0 saturated carbocycles. The van der Waals surface area contributed by atoms with Gasteiger partial charge in [0.15, 0.2) is 0 Å². The fourth-order valence-corrected chi connectivity index (χ4v) is 7.13. The number of benzene rings is 8. The van der Waals surface area contributed by atoms with Crippen molar-refractivity contribution < 1.29 is 0 Å². The highest BCUT2D eigenvalue weighted by atomic mass is 15.1. The van der Waals surface area contributed by atoms with Gasteiger partial charge in [-0.3, -0.25) is 0 Å². The van der Waals surface area contributed by atoms with Crippen molar-refractivity contribution in [3.8, 4) is 39.1 Å². The number of anilines is 3. The van der Waals surface area contributed by atoms with Crippen LogP contribution in [-0.2, 0) is 0 Å². The number of para-hydroxylation sites is 1. The third-order valence-corrected chi connectivity index (χ3v) is 9.59. The summed E-state index contributed by atoms with van der Waals surface area (Å²) >= 11 is 0. The molecule has 0 radical (unpaired) electrons. The van der Waals surface area contributed by atoms with Gasteiger partial charge in [0.2, 0.25) is 0 Å². The van der Waals surface area contributed by atoms with Gasteiger partial charge in [-0.15, -0.1) is 0 Å². The number of fused-ring (bicyclic) bond motifs is 3. The molecule has 0 aliphatic rings. The van der Waals surface area contributed by atoms with Crippen molar-refractivity contribution in [3.05, 3.63) is 206 Å². The van der Waals surface area contributed by atoms with Crippen LogP contribution in [0, 0.1) is 0 Å². The van der Waals surface area contributed by atoms with E-state index in [0.717, 1.165) is 22.7 Å². The summed E-state index contributed by atoms with van der Waals surface area (Å²) in [4.78, 5) is 2.37. The predicted octanol–water partition coefficient (Wildman–Crippen LogP) is 13.3. The lowest BCUT2D eigenvalue weighted by Crippen LogP contribution is -2.10. The highest BCUT2D eigenvalue weighted by molar-refractivity contribution is 6.12. The first-order valence-corrected chi connectivity index (χ1v) is 17.1. The van der Waals surface area contributed by atoms with Crippen LogP contribution in [0.25, 0.3) is 60.9 Å². The summed E-state index contributed by atoms with van der Waals surface area (Å²) in [5, 5.41) is 2.44. The molecule has 0 aliphatic heterocycles. The van der Waals surface area contributed by atoms with Crippen LogP contribution in [0.5, 0.6) is 0 Å². The standard InChI is InChI=1S/C48H34N2/c1-5-13-35(14-6-1)38-21-26-42(27-22-38)49(43-28-23-39(24-29-43)36-15-7-2-8-16-36)44-30-32-48-46(34-44)45-33-40(37-17-9-3-10-18-37)25-31-47(45)50(48)41-19-11-4-12-20-41/h1-34H. The van der Waals surface area contributed by atoms with Crippen LogP contribution in [0.2, 0.25) is 0 Å². The molecule has 0 spiro atoms. The molecule has 0 bridgehead atoms. The molecule has 2 nitrogen and oxygen atoms in total. The maximum Gasteiger partial charge on any atom is 0.0542 e. The van der Waals surface area contributed by atoms with Crippen molar-refractivity contribution in [2.45, 2.75) is 0 Å². The van der Waals surface area contributed by atoms with Gasteiger partial charge >= 0.3 is 0 Å². The van der Waals surface area contributed by atoms with Crippen LogP contribution in [0.3, 0.4) is 0 Å². The van der Waals surface area contributed by atoms with Crippen molar-refractivity contribution in [1.29, 1.82) is 0 Å². The lowest BCUT2D eigenvalue weighted by molar-refractivity contribution is 1.18. The topological polar surface area (TPSA) is 8.17 Å². The van der Waals surface area contributed by atoms with Gasteiger partial charge in [0, 0.05) is 33.5 Å². The minimum atomic E-state index is 1.10. The van der Waals surface area contributed by atoms with E-state index in [1.54, 1.807) is 0 Å². The molecule has 0 amide bonds. The SMILES string of the molecule is c1ccc(-c2ccc(N(c3ccc(-c4ccccc4)cc3)c3ccc4c(c3)c3cc(-c5ccccc5)ccc3n4-c3ccccc3)cc2)cc1. The van der Waals surface area contributed by atoms with E-state index in [4.69, 9.17) is 0 Å². The summed E-state index contributed by atoms with van der Waals surface area (Å²) < 4.78 is 2.39. The quantitative estimate of drug-likeness (QED) is 0.169. The molecular weight excluding hydrogens is 605 g/mol. The third-order valence-electron chi connectivity index (χ3n) is 9.59. The maximum absolute atomic E-state index is 2.39. The van der Waals surface area contributed by atoms with E-state index in [2.05, 4.69) is 216 Å². The average molecular weight is 639 g/mol. The lowest BCUT2D eigenvalue weighted by atomic mass is 10.0.